The van der Waals surface area contributed by atoms with E-state index in [2.05, 4.69) is 61.5 Å². The number of pyridine rings is 1. The second-order valence-electron chi connectivity index (χ2n) is 10.0. The van der Waals surface area contributed by atoms with Gasteiger partial charge in [0.15, 0.2) is 5.82 Å². The lowest BCUT2D eigenvalue weighted by Gasteiger charge is -2.49. The van der Waals surface area contributed by atoms with Crippen LogP contribution in [0.5, 0.6) is 0 Å². The molecule has 0 saturated carbocycles. The smallest absolute Gasteiger partial charge is 0.349 e. The van der Waals surface area contributed by atoms with Gasteiger partial charge in [0, 0.05) is 69.3 Å². The Hall–Kier alpha value is -3.62. The monoisotopic (exact) mass is 517 g/mol. The number of rotatable bonds is 6. The molecule has 3 aromatic heterocycles. The summed E-state index contributed by atoms with van der Waals surface area (Å²) in [6.07, 6.45) is 5.71. The molecule has 11 heteroatoms. The zero-order chi connectivity index (χ0) is 26.8. The Morgan fingerprint density at radius 2 is 1.79 bits per heavy atom. The molecule has 0 spiro atoms. The summed E-state index contributed by atoms with van der Waals surface area (Å²) in [6.45, 7) is 11.1. The molecule has 0 amide bonds. The normalized spacial score (nSPS) is 21.4. The fourth-order valence-corrected chi connectivity index (χ4v) is 5.56. The Morgan fingerprint density at radius 3 is 2.45 bits per heavy atom. The number of morpholine rings is 1. The van der Waals surface area contributed by atoms with E-state index in [9.17, 15) is 10.1 Å². The maximum Gasteiger partial charge on any atom is 0.349 e. The number of fused-ring (bicyclic) bond motifs is 1. The van der Waals surface area contributed by atoms with Crippen LogP contribution >= 0.6 is 0 Å². The molecule has 0 bridgehead atoms. The van der Waals surface area contributed by atoms with Gasteiger partial charge in [-0.25, -0.2) is 19.7 Å². The minimum absolute atomic E-state index is 0.129. The first kappa shape index (κ1) is 26.0. The molecule has 11 nitrogen and oxygen atoms in total. The molecule has 2 aliphatic rings. The van der Waals surface area contributed by atoms with Crippen molar-refractivity contribution < 1.29 is 4.74 Å². The van der Waals surface area contributed by atoms with Gasteiger partial charge >= 0.3 is 5.69 Å². The SMILES string of the molecule is CC[C@H]1CN(C(C)c2cnc(N3CCOCC3)nc2)[C@H](CC)CN1c1nc(=O)n(C)c2ccc(C#N)nc12. The van der Waals surface area contributed by atoms with E-state index in [-0.39, 0.29) is 23.8 Å². The van der Waals surface area contributed by atoms with E-state index in [0.29, 0.717) is 42.3 Å². The molecule has 0 radical (unpaired) electrons. The fraction of sp³-hybridized carbons (Fsp3) is 0.556. The van der Waals surface area contributed by atoms with Crippen LogP contribution in [0.1, 0.15) is 50.9 Å². The summed E-state index contributed by atoms with van der Waals surface area (Å²) in [5, 5.41) is 9.46. The minimum atomic E-state index is -0.324. The second-order valence-corrected chi connectivity index (χ2v) is 10.0. The lowest BCUT2D eigenvalue weighted by molar-refractivity contribution is 0.100. The first-order valence-corrected chi connectivity index (χ1v) is 13.4. The van der Waals surface area contributed by atoms with Crippen molar-refractivity contribution in [1.82, 2.24) is 29.4 Å². The van der Waals surface area contributed by atoms with Gasteiger partial charge < -0.3 is 14.5 Å². The molecule has 200 valence electrons. The quantitative estimate of drug-likeness (QED) is 0.482. The van der Waals surface area contributed by atoms with E-state index in [0.717, 1.165) is 44.0 Å². The molecule has 5 heterocycles. The summed E-state index contributed by atoms with van der Waals surface area (Å²) in [7, 11) is 1.69. The Bertz CT molecular complexity index is 1380. The molecule has 2 saturated heterocycles. The first-order valence-electron chi connectivity index (χ1n) is 13.4. The third-order valence-corrected chi connectivity index (χ3v) is 7.94. The van der Waals surface area contributed by atoms with Crippen molar-refractivity contribution in [2.75, 3.05) is 49.2 Å². The average molecular weight is 518 g/mol. The summed E-state index contributed by atoms with van der Waals surface area (Å²) in [5.41, 5.74) is 2.34. The number of aryl methyl sites for hydroxylation is 1. The third-order valence-electron chi connectivity index (χ3n) is 7.94. The maximum absolute atomic E-state index is 12.8. The fourth-order valence-electron chi connectivity index (χ4n) is 5.56. The number of nitrogens with zero attached hydrogens (tertiary/aromatic N) is 9. The maximum atomic E-state index is 12.8. The van der Waals surface area contributed by atoms with Crippen LogP contribution < -0.4 is 15.5 Å². The Labute approximate surface area is 222 Å². The predicted octanol–water partition coefficient (Wildman–Crippen LogP) is 2.27. The molecule has 3 aromatic rings. The van der Waals surface area contributed by atoms with Crippen molar-refractivity contribution >= 4 is 22.8 Å². The molecule has 0 aromatic carbocycles. The second kappa shape index (κ2) is 11.0. The van der Waals surface area contributed by atoms with Gasteiger partial charge in [0.1, 0.15) is 17.3 Å². The predicted molar refractivity (Wildman–Crippen MR) is 145 cm³/mol. The topological polar surface area (TPSA) is 116 Å². The van der Waals surface area contributed by atoms with E-state index in [1.165, 1.54) is 4.57 Å². The van der Waals surface area contributed by atoms with Gasteiger partial charge in [0.05, 0.1) is 18.7 Å². The van der Waals surface area contributed by atoms with Crippen LogP contribution in [-0.2, 0) is 11.8 Å². The van der Waals surface area contributed by atoms with Crippen molar-refractivity contribution in [3.05, 3.63) is 46.3 Å². The lowest BCUT2D eigenvalue weighted by Crippen LogP contribution is -2.59. The number of piperazine rings is 1. The van der Waals surface area contributed by atoms with Crippen LogP contribution in [0.15, 0.2) is 29.3 Å². The number of hydrogen-bond acceptors (Lipinski definition) is 10. The van der Waals surface area contributed by atoms with Gasteiger partial charge in [-0.2, -0.15) is 10.2 Å². The van der Waals surface area contributed by atoms with Crippen molar-refractivity contribution in [3.63, 3.8) is 0 Å². The zero-order valence-corrected chi connectivity index (χ0v) is 22.5. The van der Waals surface area contributed by atoms with E-state index >= 15 is 0 Å². The zero-order valence-electron chi connectivity index (χ0n) is 22.5. The van der Waals surface area contributed by atoms with Crippen molar-refractivity contribution in [1.29, 1.82) is 5.26 Å². The van der Waals surface area contributed by atoms with Crippen LogP contribution in [0.2, 0.25) is 0 Å². The number of aromatic nitrogens is 5. The summed E-state index contributed by atoms with van der Waals surface area (Å²) in [6, 6.07) is 6.03. The van der Waals surface area contributed by atoms with E-state index in [4.69, 9.17) is 4.74 Å². The van der Waals surface area contributed by atoms with Crippen LogP contribution in [-0.4, -0.2) is 80.9 Å². The number of nitriles is 1. The van der Waals surface area contributed by atoms with Gasteiger partial charge in [-0.05, 0) is 31.9 Å². The summed E-state index contributed by atoms with van der Waals surface area (Å²) in [5.74, 6) is 1.32. The van der Waals surface area contributed by atoms with Crippen LogP contribution in [0, 0.1) is 11.3 Å². The molecule has 3 atom stereocenters. The highest BCUT2D eigenvalue weighted by molar-refractivity contribution is 5.86. The van der Waals surface area contributed by atoms with Gasteiger partial charge in [-0.15, -0.1) is 0 Å². The third kappa shape index (κ3) is 4.81. The van der Waals surface area contributed by atoms with Crippen LogP contribution in [0.3, 0.4) is 0 Å². The average Bonchev–Trinajstić information content (AvgIpc) is 2.98. The number of hydrogen-bond donors (Lipinski definition) is 0. The number of ether oxygens (including phenoxy) is 1. The first-order chi connectivity index (χ1) is 18.4. The highest BCUT2D eigenvalue weighted by Crippen LogP contribution is 2.33. The minimum Gasteiger partial charge on any atom is -0.378 e. The van der Waals surface area contributed by atoms with Crippen molar-refractivity contribution in [2.45, 2.75) is 51.7 Å². The summed E-state index contributed by atoms with van der Waals surface area (Å²) < 4.78 is 6.94. The Kier molecular flexibility index (Phi) is 7.53. The van der Waals surface area contributed by atoms with Gasteiger partial charge in [0.25, 0.3) is 0 Å². The van der Waals surface area contributed by atoms with E-state index in [1.807, 2.05) is 12.4 Å². The number of anilines is 2. The van der Waals surface area contributed by atoms with Gasteiger partial charge in [0.2, 0.25) is 5.95 Å². The van der Waals surface area contributed by atoms with Crippen molar-refractivity contribution in [2.24, 2.45) is 7.05 Å². The molecular formula is C27H35N9O2. The molecule has 0 N–H and O–H groups in total. The standard InChI is InChI=1S/C27H35N9O2/c1-5-21-17-36(25-24-23(33(4)27(37)32-25)8-7-20(13-28)31-24)22(6-2)16-35(21)18(3)19-14-29-26(30-15-19)34-9-11-38-12-10-34/h7-8,14-15,18,21-22H,5-6,9-12,16-17H2,1-4H3/t18?,21-,22+/m1/s1. The van der Waals surface area contributed by atoms with Gasteiger partial charge in [-0.3, -0.25) is 9.47 Å². The molecule has 1 unspecified atom stereocenters. The van der Waals surface area contributed by atoms with Gasteiger partial charge in [-0.1, -0.05) is 13.8 Å². The van der Waals surface area contributed by atoms with E-state index < -0.39 is 0 Å². The van der Waals surface area contributed by atoms with Crippen LogP contribution in [0.4, 0.5) is 11.8 Å². The molecule has 2 fully saturated rings. The Balaban J connectivity index is 1.44. The largest absolute Gasteiger partial charge is 0.378 e. The Morgan fingerprint density at radius 1 is 1.08 bits per heavy atom. The highest BCUT2D eigenvalue weighted by atomic mass is 16.5. The molecule has 2 aliphatic heterocycles. The lowest BCUT2D eigenvalue weighted by atomic mass is 9.98. The highest BCUT2D eigenvalue weighted by Gasteiger charge is 2.37. The summed E-state index contributed by atoms with van der Waals surface area (Å²) >= 11 is 0. The molecule has 5 rings (SSSR count). The van der Waals surface area contributed by atoms with E-state index in [1.54, 1.807) is 19.2 Å². The molecular weight excluding hydrogens is 482 g/mol. The summed E-state index contributed by atoms with van der Waals surface area (Å²) in [4.78, 5) is 38.1. The van der Waals surface area contributed by atoms with Crippen LogP contribution in [0.25, 0.3) is 11.0 Å². The van der Waals surface area contributed by atoms with Crippen molar-refractivity contribution in [3.8, 4) is 6.07 Å². The molecule has 0 aliphatic carbocycles. The molecule has 38 heavy (non-hydrogen) atoms.